The summed E-state index contributed by atoms with van der Waals surface area (Å²) in [6.07, 6.45) is 1.65. The molecule has 0 bridgehead atoms. The lowest BCUT2D eigenvalue weighted by Crippen LogP contribution is -2.30. The largest absolute Gasteiger partial charge is 0.361 e. The minimum atomic E-state index is -3.47. The molecule has 0 radical (unpaired) electrons. The van der Waals surface area contributed by atoms with Crippen LogP contribution in [-0.4, -0.2) is 24.4 Å². The van der Waals surface area contributed by atoms with Crippen LogP contribution in [0, 0.1) is 13.8 Å². The number of thiophene rings is 1. The van der Waals surface area contributed by atoms with Crippen LogP contribution in [0.3, 0.4) is 0 Å². The fourth-order valence-corrected chi connectivity index (χ4v) is 6.64. The predicted octanol–water partition coefficient (Wildman–Crippen LogP) is 3.64. The quantitative estimate of drug-likeness (QED) is 0.802. The first kappa shape index (κ1) is 15.2. The third-order valence-electron chi connectivity index (χ3n) is 3.74. The zero-order chi connectivity index (χ0) is 15.2. The van der Waals surface area contributed by atoms with Gasteiger partial charge in [-0.15, -0.1) is 11.3 Å². The van der Waals surface area contributed by atoms with Crippen molar-refractivity contribution in [3.05, 3.63) is 32.9 Å². The van der Waals surface area contributed by atoms with Crippen LogP contribution in [0.1, 0.15) is 35.9 Å². The highest BCUT2D eigenvalue weighted by Crippen LogP contribution is 2.40. The van der Waals surface area contributed by atoms with Crippen molar-refractivity contribution < 1.29 is 12.9 Å². The zero-order valence-electron chi connectivity index (χ0n) is 11.7. The SMILES string of the molecule is Cc1noc(C)c1[C@@H]1CCCN1S(=O)(=O)c1ccc(Br)s1. The smallest absolute Gasteiger partial charge is 0.253 e. The Kier molecular flexibility index (Phi) is 3.98. The summed E-state index contributed by atoms with van der Waals surface area (Å²) >= 11 is 4.56. The van der Waals surface area contributed by atoms with Crippen molar-refractivity contribution >= 4 is 37.3 Å². The summed E-state index contributed by atoms with van der Waals surface area (Å²) in [6.45, 7) is 4.23. The van der Waals surface area contributed by atoms with Gasteiger partial charge in [-0.1, -0.05) is 5.16 Å². The summed E-state index contributed by atoms with van der Waals surface area (Å²) in [5.41, 5.74) is 1.68. The van der Waals surface area contributed by atoms with E-state index in [1.807, 2.05) is 13.8 Å². The molecule has 0 unspecified atom stereocenters. The normalized spacial score (nSPS) is 20.2. The Balaban J connectivity index is 2.02. The Hall–Kier alpha value is -0.700. The van der Waals surface area contributed by atoms with Crippen LogP contribution in [0.2, 0.25) is 0 Å². The van der Waals surface area contributed by atoms with Crippen molar-refractivity contribution in [3.63, 3.8) is 0 Å². The molecular weight excluding hydrogens is 376 g/mol. The highest BCUT2D eigenvalue weighted by Gasteiger charge is 2.39. The molecule has 1 aliphatic rings. The molecule has 2 aromatic rings. The van der Waals surface area contributed by atoms with Crippen LogP contribution < -0.4 is 0 Å². The molecule has 0 N–H and O–H groups in total. The monoisotopic (exact) mass is 390 g/mol. The topological polar surface area (TPSA) is 63.4 Å². The van der Waals surface area contributed by atoms with Gasteiger partial charge in [-0.25, -0.2) is 8.42 Å². The van der Waals surface area contributed by atoms with Crippen molar-refractivity contribution in [1.82, 2.24) is 9.46 Å². The fraction of sp³-hybridized carbons (Fsp3) is 0.462. The van der Waals surface area contributed by atoms with Crippen LogP contribution in [0.4, 0.5) is 0 Å². The van der Waals surface area contributed by atoms with Gasteiger partial charge in [0.1, 0.15) is 9.97 Å². The average molecular weight is 391 g/mol. The van der Waals surface area contributed by atoms with Crippen LogP contribution >= 0.6 is 27.3 Å². The van der Waals surface area contributed by atoms with Crippen molar-refractivity contribution in [1.29, 1.82) is 0 Å². The first-order valence-electron chi connectivity index (χ1n) is 6.61. The lowest BCUT2D eigenvalue weighted by Gasteiger charge is -2.23. The lowest BCUT2D eigenvalue weighted by molar-refractivity contribution is 0.376. The van der Waals surface area contributed by atoms with Crippen molar-refractivity contribution in [2.24, 2.45) is 0 Å². The second-order valence-electron chi connectivity index (χ2n) is 5.07. The summed E-state index contributed by atoms with van der Waals surface area (Å²) < 4.78 is 33.6. The van der Waals surface area contributed by atoms with Crippen molar-refractivity contribution in [3.8, 4) is 0 Å². The maximum atomic E-state index is 12.8. The van der Waals surface area contributed by atoms with E-state index in [0.29, 0.717) is 16.5 Å². The first-order valence-corrected chi connectivity index (χ1v) is 9.66. The van der Waals surface area contributed by atoms with Gasteiger partial charge in [0, 0.05) is 12.1 Å². The molecule has 114 valence electrons. The van der Waals surface area contributed by atoms with Gasteiger partial charge in [-0.3, -0.25) is 0 Å². The van der Waals surface area contributed by atoms with Crippen LogP contribution in [0.5, 0.6) is 0 Å². The number of aryl methyl sites for hydroxylation is 2. The summed E-state index contributed by atoms with van der Waals surface area (Å²) in [5.74, 6) is 0.701. The number of aromatic nitrogens is 1. The molecule has 1 aliphatic heterocycles. The third kappa shape index (κ3) is 2.58. The van der Waals surface area contributed by atoms with Gasteiger partial charge in [0.15, 0.2) is 0 Å². The minimum Gasteiger partial charge on any atom is -0.361 e. The number of rotatable bonds is 3. The van der Waals surface area contributed by atoms with Crippen LogP contribution in [0.15, 0.2) is 24.7 Å². The van der Waals surface area contributed by atoms with Gasteiger partial charge < -0.3 is 4.52 Å². The second-order valence-corrected chi connectivity index (χ2v) is 9.65. The van der Waals surface area contributed by atoms with E-state index in [2.05, 4.69) is 21.1 Å². The van der Waals surface area contributed by atoms with Gasteiger partial charge in [0.05, 0.1) is 15.5 Å². The fourth-order valence-electron chi connectivity index (χ4n) is 2.83. The Morgan fingerprint density at radius 1 is 1.43 bits per heavy atom. The summed E-state index contributed by atoms with van der Waals surface area (Å²) in [5, 5.41) is 3.95. The second kappa shape index (κ2) is 5.49. The molecule has 1 saturated heterocycles. The Morgan fingerprint density at radius 2 is 2.19 bits per heavy atom. The van der Waals surface area contributed by atoms with E-state index in [1.54, 1.807) is 16.4 Å². The van der Waals surface area contributed by atoms with E-state index in [1.165, 1.54) is 11.3 Å². The molecule has 2 aromatic heterocycles. The number of hydrogen-bond acceptors (Lipinski definition) is 5. The van der Waals surface area contributed by atoms with E-state index in [9.17, 15) is 8.42 Å². The molecule has 1 fully saturated rings. The molecule has 0 amide bonds. The Bertz CT molecular complexity index is 747. The van der Waals surface area contributed by atoms with Crippen molar-refractivity contribution in [2.45, 2.75) is 36.9 Å². The minimum absolute atomic E-state index is 0.179. The van der Waals surface area contributed by atoms with Gasteiger partial charge in [0.25, 0.3) is 10.0 Å². The summed E-state index contributed by atoms with van der Waals surface area (Å²) in [7, 11) is -3.47. The lowest BCUT2D eigenvalue weighted by atomic mass is 10.0. The molecule has 3 heterocycles. The molecule has 1 atom stereocenters. The number of nitrogens with zero attached hydrogens (tertiary/aromatic N) is 2. The predicted molar refractivity (Wildman–Crippen MR) is 83.9 cm³/mol. The third-order valence-corrected chi connectivity index (χ3v) is 7.74. The molecule has 0 aliphatic carbocycles. The van der Waals surface area contributed by atoms with Gasteiger partial charge in [0.2, 0.25) is 0 Å². The van der Waals surface area contributed by atoms with Gasteiger partial charge in [-0.2, -0.15) is 4.31 Å². The Labute approximate surface area is 136 Å². The van der Waals surface area contributed by atoms with E-state index >= 15 is 0 Å². The Morgan fingerprint density at radius 3 is 2.76 bits per heavy atom. The number of hydrogen-bond donors (Lipinski definition) is 0. The molecule has 21 heavy (non-hydrogen) atoms. The zero-order valence-corrected chi connectivity index (χ0v) is 14.9. The van der Waals surface area contributed by atoms with E-state index in [-0.39, 0.29) is 6.04 Å². The molecule has 8 heteroatoms. The van der Waals surface area contributed by atoms with E-state index in [4.69, 9.17) is 4.52 Å². The van der Waals surface area contributed by atoms with Gasteiger partial charge in [-0.05, 0) is 54.8 Å². The average Bonchev–Trinajstić information content (AvgIpc) is 3.11. The molecule has 0 aromatic carbocycles. The molecular formula is C13H15BrN2O3S2. The maximum Gasteiger partial charge on any atom is 0.253 e. The highest BCUT2D eigenvalue weighted by atomic mass is 79.9. The summed E-state index contributed by atoms with van der Waals surface area (Å²) in [6, 6.07) is 3.23. The van der Waals surface area contributed by atoms with Crippen molar-refractivity contribution in [2.75, 3.05) is 6.54 Å². The van der Waals surface area contributed by atoms with Crippen LogP contribution in [0.25, 0.3) is 0 Å². The van der Waals surface area contributed by atoms with Gasteiger partial charge >= 0.3 is 0 Å². The molecule has 3 rings (SSSR count). The standard InChI is InChI=1S/C13H15BrN2O3S2/c1-8-13(9(2)19-15-8)10-4-3-7-16(10)21(17,18)12-6-5-11(14)20-12/h5-6,10H,3-4,7H2,1-2H3/t10-/m0/s1. The molecule has 5 nitrogen and oxygen atoms in total. The number of halogens is 1. The van der Waals surface area contributed by atoms with E-state index < -0.39 is 10.0 Å². The summed E-state index contributed by atoms with van der Waals surface area (Å²) in [4.78, 5) is 0. The molecule has 0 saturated carbocycles. The van der Waals surface area contributed by atoms with E-state index in [0.717, 1.165) is 27.9 Å². The first-order chi connectivity index (χ1) is 9.91. The van der Waals surface area contributed by atoms with Crippen LogP contribution in [-0.2, 0) is 10.0 Å². The highest BCUT2D eigenvalue weighted by molar-refractivity contribution is 9.11. The molecule has 0 spiro atoms. The number of sulfonamides is 1. The maximum absolute atomic E-state index is 12.8.